The summed E-state index contributed by atoms with van der Waals surface area (Å²) in [5.41, 5.74) is 3.09. The number of benzene rings is 2. The SMILES string of the molecule is CCOc1ccc(Cn2cc(NC(=S)NC(C)c3ccccc3)cn2)cc1OCC. The largest absolute Gasteiger partial charge is 0.490 e. The second-order valence-electron chi connectivity index (χ2n) is 6.80. The molecule has 158 valence electrons. The highest BCUT2D eigenvalue weighted by Gasteiger charge is 2.09. The van der Waals surface area contributed by atoms with E-state index in [9.17, 15) is 0 Å². The predicted molar refractivity (Wildman–Crippen MR) is 124 cm³/mol. The van der Waals surface area contributed by atoms with Crippen molar-refractivity contribution >= 4 is 23.0 Å². The molecule has 0 radical (unpaired) electrons. The molecule has 0 spiro atoms. The number of thiocarbonyl (C=S) groups is 1. The third-order valence-electron chi connectivity index (χ3n) is 4.49. The van der Waals surface area contributed by atoms with Gasteiger partial charge in [0.25, 0.3) is 0 Å². The molecule has 1 atom stereocenters. The molecule has 3 rings (SSSR count). The number of aromatic nitrogens is 2. The van der Waals surface area contributed by atoms with E-state index in [-0.39, 0.29) is 6.04 Å². The van der Waals surface area contributed by atoms with Crippen LogP contribution in [0.4, 0.5) is 5.69 Å². The second kappa shape index (κ2) is 10.6. The summed E-state index contributed by atoms with van der Waals surface area (Å²) in [6.07, 6.45) is 3.69. The summed E-state index contributed by atoms with van der Waals surface area (Å²) in [6.45, 7) is 7.81. The van der Waals surface area contributed by atoms with Crippen molar-refractivity contribution in [3.8, 4) is 11.5 Å². The number of ether oxygens (including phenoxy) is 2. The van der Waals surface area contributed by atoms with Gasteiger partial charge < -0.3 is 20.1 Å². The number of anilines is 1. The van der Waals surface area contributed by atoms with Crippen molar-refractivity contribution in [2.75, 3.05) is 18.5 Å². The first kappa shape index (κ1) is 21.6. The fourth-order valence-corrected chi connectivity index (χ4v) is 3.38. The van der Waals surface area contributed by atoms with Gasteiger partial charge in [-0.25, -0.2) is 0 Å². The quantitative estimate of drug-likeness (QED) is 0.482. The maximum atomic E-state index is 5.71. The van der Waals surface area contributed by atoms with Crippen LogP contribution < -0.4 is 20.1 Å². The average Bonchev–Trinajstić information content (AvgIpc) is 3.17. The molecular formula is C23H28N4O2S. The Hall–Kier alpha value is -3.06. The van der Waals surface area contributed by atoms with Gasteiger partial charge in [-0.15, -0.1) is 0 Å². The van der Waals surface area contributed by atoms with Crippen LogP contribution in [0.15, 0.2) is 60.9 Å². The molecule has 0 saturated carbocycles. The third-order valence-corrected chi connectivity index (χ3v) is 4.71. The van der Waals surface area contributed by atoms with Crippen LogP contribution in [0, 0.1) is 0 Å². The maximum Gasteiger partial charge on any atom is 0.171 e. The van der Waals surface area contributed by atoms with E-state index in [0.29, 0.717) is 24.9 Å². The molecule has 2 aromatic carbocycles. The van der Waals surface area contributed by atoms with Gasteiger partial charge in [0.1, 0.15) is 0 Å². The first-order valence-electron chi connectivity index (χ1n) is 10.1. The molecule has 3 aromatic rings. The Morgan fingerprint density at radius 2 is 1.80 bits per heavy atom. The second-order valence-corrected chi connectivity index (χ2v) is 7.21. The standard InChI is InChI=1S/C23H28N4O2S/c1-4-28-21-12-11-18(13-22(21)29-5-2)15-27-16-20(14-24-27)26-23(30)25-17(3)19-9-7-6-8-10-19/h6-14,16-17H,4-5,15H2,1-3H3,(H2,25,26,30). The maximum absolute atomic E-state index is 5.71. The van der Waals surface area contributed by atoms with Crippen LogP contribution in [0.3, 0.4) is 0 Å². The fourth-order valence-electron chi connectivity index (χ4n) is 3.08. The molecule has 0 saturated heterocycles. The molecular weight excluding hydrogens is 396 g/mol. The number of nitrogens with zero attached hydrogens (tertiary/aromatic N) is 2. The molecule has 6 nitrogen and oxygen atoms in total. The summed E-state index contributed by atoms with van der Waals surface area (Å²) in [5, 5.41) is 11.5. The molecule has 1 heterocycles. The average molecular weight is 425 g/mol. The Labute approximate surface area is 183 Å². The van der Waals surface area contributed by atoms with Crippen LogP contribution in [0.5, 0.6) is 11.5 Å². The van der Waals surface area contributed by atoms with Crippen LogP contribution in [-0.2, 0) is 6.54 Å². The molecule has 1 aromatic heterocycles. The highest BCUT2D eigenvalue weighted by atomic mass is 32.1. The van der Waals surface area contributed by atoms with Gasteiger partial charge in [-0.2, -0.15) is 5.10 Å². The van der Waals surface area contributed by atoms with Crippen LogP contribution >= 0.6 is 12.2 Å². The smallest absolute Gasteiger partial charge is 0.171 e. The van der Waals surface area contributed by atoms with E-state index in [1.807, 2.05) is 61.1 Å². The Kier molecular flexibility index (Phi) is 7.68. The number of rotatable bonds is 9. The van der Waals surface area contributed by atoms with Crippen molar-refractivity contribution in [2.45, 2.75) is 33.4 Å². The minimum atomic E-state index is 0.113. The lowest BCUT2D eigenvalue weighted by atomic mass is 10.1. The summed E-state index contributed by atoms with van der Waals surface area (Å²) < 4.78 is 13.2. The molecule has 0 aliphatic heterocycles. The van der Waals surface area contributed by atoms with E-state index < -0.39 is 0 Å². The van der Waals surface area contributed by atoms with Crippen molar-refractivity contribution < 1.29 is 9.47 Å². The van der Waals surface area contributed by atoms with Crippen molar-refractivity contribution in [1.29, 1.82) is 0 Å². The zero-order valence-electron chi connectivity index (χ0n) is 17.6. The van der Waals surface area contributed by atoms with Gasteiger partial charge in [-0.05, 0) is 56.2 Å². The van der Waals surface area contributed by atoms with Gasteiger partial charge in [0.2, 0.25) is 0 Å². The van der Waals surface area contributed by atoms with Crippen molar-refractivity contribution in [2.24, 2.45) is 0 Å². The van der Waals surface area contributed by atoms with E-state index in [1.165, 1.54) is 5.56 Å². The van der Waals surface area contributed by atoms with Gasteiger partial charge in [0.05, 0.1) is 37.7 Å². The molecule has 30 heavy (non-hydrogen) atoms. The first-order valence-corrected chi connectivity index (χ1v) is 10.5. The Morgan fingerprint density at radius 1 is 1.07 bits per heavy atom. The molecule has 0 aliphatic carbocycles. The van der Waals surface area contributed by atoms with E-state index in [0.717, 1.165) is 22.7 Å². The summed E-state index contributed by atoms with van der Waals surface area (Å²) in [6, 6.07) is 16.3. The Bertz CT molecular complexity index is 959. The number of hydrogen-bond donors (Lipinski definition) is 2. The lowest BCUT2D eigenvalue weighted by Gasteiger charge is -2.16. The highest BCUT2D eigenvalue weighted by molar-refractivity contribution is 7.80. The molecule has 0 amide bonds. The topological polar surface area (TPSA) is 60.3 Å². The van der Waals surface area contributed by atoms with Crippen LogP contribution in [0.2, 0.25) is 0 Å². The first-order chi connectivity index (χ1) is 14.6. The monoisotopic (exact) mass is 424 g/mol. The lowest BCUT2D eigenvalue weighted by molar-refractivity contribution is 0.287. The van der Waals surface area contributed by atoms with Gasteiger partial charge in [-0.1, -0.05) is 36.4 Å². The van der Waals surface area contributed by atoms with E-state index in [1.54, 1.807) is 6.20 Å². The number of hydrogen-bond acceptors (Lipinski definition) is 4. The molecule has 1 unspecified atom stereocenters. The van der Waals surface area contributed by atoms with Crippen LogP contribution in [0.1, 0.15) is 37.9 Å². The Balaban J connectivity index is 1.59. The minimum Gasteiger partial charge on any atom is -0.490 e. The molecule has 0 bridgehead atoms. The zero-order valence-corrected chi connectivity index (χ0v) is 18.4. The van der Waals surface area contributed by atoms with E-state index in [2.05, 4.69) is 34.8 Å². The molecule has 2 N–H and O–H groups in total. The number of nitrogens with one attached hydrogen (secondary N) is 2. The van der Waals surface area contributed by atoms with Crippen molar-refractivity contribution in [3.63, 3.8) is 0 Å². The fraction of sp³-hybridized carbons (Fsp3) is 0.304. The molecule has 7 heteroatoms. The Morgan fingerprint density at radius 3 is 2.53 bits per heavy atom. The van der Waals surface area contributed by atoms with Crippen molar-refractivity contribution in [3.05, 3.63) is 72.1 Å². The zero-order chi connectivity index (χ0) is 21.3. The van der Waals surface area contributed by atoms with E-state index >= 15 is 0 Å². The summed E-state index contributed by atoms with van der Waals surface area (Å²) >= 11 is 5.45. The summed E-state index contributed by atoms with van der Waals surface area (Å²) in [7, 11) is 0. The van der Waals surface area contributed by atoms with Gasteiger partial charge >= 0.3 is 0 Å². The van der Waals surface area contributed by atoms with Gasteiger partial charge in [0, 0.05) is 6.20 Å². The van der Waals surface area contributed by atoms with Crippen LogP contribution in [-0.4, -0.2) is 28.1 Å². The normalized spacial score (nSPS) is 11.6. The van der Waals surface area contributed by atoms with Gasteiger partial charge in [0.15, 0.2) is 16.6 Å². The summed E-state index contributed by atoms with van der Waals surface area (Å²) in [5.74, 6) is 1.51. The molecule has 0 fully saturated rings. The third kappa shape index (κ3) is 5.97. The predicted octanol–water partition coefficient (Wildman–Crippen LogP) is 4.78. The minimum absolute atomic E-state index is 0.113. The summed E-state index contributed by atoms with van der Waals surface area (Å²) in [4.78, 5) is 0. The molecule has 0 aliphatic rings. The highest BCUT2D eigenvalue weighted by Crippen LogP contribution is 2.29. The van der Waals surface area contributed by atoms with E-state index in [4.69, 9.17) is 21.7 Å². The lowest BCUT2D eigenvalue weighted by Crippen LogP contribution is -2.30. The van der Waals surface area contributed by atoms with Gasteiger partial charge in [-0.3, -0.25) is 4.68 Å². The van der Waals surface area contributed by atoms with Crippen molar-refractivity contribution in [1.82, 2.24) is 15.1 Å². The van der Waals surface area contributed by atoms with Crippen LogP contribution in [0.25, 0.3) is 0 Å².